The predicted molar refractivity (Wildman–Crippen MR) is 70.0 cm³/mol. The van der Waals surface area contributed by atoms with Crippen LogP contribution in [0.5, 0.6) is 11.5 Å². The normalized spacial score (nSPS) is 14.8. The summed E-state index contributed by atoms with van der Waals surface area (Å²) in [5.74, 6) is 1.56. The Bertz CT molecular complexity index is 568. The van der Waals surface area contributed by atoms with Crippen molar-refractivity contribution in [3.8, 4) is 11.5 Å². The SMILES string of the molecule is Cc1nc(CC(N)c2ccc3c(c2)OCO3)cs1. The van der Waals surface area contributed by atoms with Crippen molar-refractivity contribution in [2.24, 2.45) is 5.73 Å². The highest BCUT2D eigenvalue weighted by Crippen LogP contribution is 2.34. The first-order chi connectivity index (χ1) is 8.72. The molecule has 1 atom stereocenters. The lowest BCUT2D eigenvalue weighted by atomic mass is 10.0. The Morgan fingerprint density at radius 3 is 3.00 bits per heavy atom. The van der Waals surface area contributed by atoms with Crippen molar-refractivity contribution in [1.29, 1.82) is 0 Å². The van der Waals surface area contributed by atoms with E-state index in [0.717, 1.165) is 34.2 Å². The lowest BCUT2D eigenvalue weighted by molar-refractivity contribution is 0.174. The van der Waals surface area contributed by atoms with Gasteiger partial charge in [0.05, 0.1) is 10.7 Å². The van der Waals surface area contributed by atoms with E-state index in [-0.39, 0.29) is 6.04 Å². The molecule has 2 heterocycles. The van der Waals surface area contributed by atoms with Crippen LogP contribution in [0.15, 0.2) is 23.6 Å². The maximum Gasteiger partial charge on any atom is 0.231 e. The fraction of sp³-hybridized carbons (Fsp3) is 0.308. The zero-order valence-corrected chi connectivity index (χ0v) is 10.9. The summed E-state index contributed by atoms with van der Waals surface area (Å²) in [4.78, 5) is 4.43. The Morgan fingerprint density at radius 1 is 1.39 bits per heavy atom. The third kappa shape index (κ3) is 2.19. The lowest BCUT2D eigenvalue weighted by Gasteiger charge is -2.11. The second kappa shape index (κ2) is 4.59. The summed E-state index contributed by atoms with van der Waals surface area (Å²) >= 11 is 1.65. The van der Waals surface area contributed by atoms with Crippen molar-refractivity contribution >= 4 is 11.3 Å². The van der Waals surface area contributed by atoms with E-state index in [1.54, 1.807) is 11.3 Å². The maximum absolute atomic E-state index is 6.20. The molecule has 3 rings (SSSR count). The molecule has 4 nitrogen and oxygen atoms in total. The molecule has 1 aliphatic heterocycles. The minimum absolute atomic E-state index is 0.0685. The minimum Gasteiger partial charge on any atom is -0.454 e. The Kier molecular flexibility index (Phi) is 2.93. The van der Waals surface area contributed by atoms with Gasteiger partial charge in [-0.05, 0) is 24.6 Å². The number of nitrogens with two attached hydrogens (primary N) is 1. The van der Waals surface area contributed by atoms with E-state index in [2.05, 4.69) is 10.4 Å². The molecule has 1 unspecified atom stereocenters. The third-order valence-electron chi connectivity index (χ3n) is 2.92. The molecule has 0 radical (unpaired) electrons. The quantitative estimate of drug-likeness (QED) is 0.923. The number of fused-ring (bicyclic) bond motifs is 1. The van der Waals surface area contributed by atoms with Crippen LogP contribution in [-0.2, 0) is 6.42 Å². The topological polar surface area (TPSA) is 57.4 Å². The first-order valence-corrected chi connectivity index (χ1v) is 6.66. The van der Waals surface area contributed by atoms with Gasteiger partial charge < -0.3 is 15.2 Å². The highest BCUT2D eigenvalue weighted by Gasteiger charge is 2.16. The number of hydrogen-bond acceptors (Lipinski definition) is 5. The van der Waals surface area contributed by atoms with Gasteiger partial charge in [-0.3, -0.25) is 0 Å². The Hall–Kier alpha value is -1.59. The van der Waals surface area contributed by atoms with Crippen LogP contribution in [0.1, 0.15) is 22.3 Å². The summed E-state index contributed by atoms with van der Waals surface area (Å²) in [5.41, 5.74) is 8.29. The van der Waals surface area contributed by atoms with Crippen LogP contribution >= 0.6 is 11.3 Å². The highest BCUT2D eigenvalue weighted by atomic mass is 32.1. The van der Waals surface area contributed by atoms with Crippen LogP contribution in [-0.4, -0.2) is 11.8 Å². The van der Waals surface area contributed by atoms with E-state index in [1.165, 1.54) is 0 Å². The Labute approximate surface area is 109 Å². The fourth-order valence-corrected chi connectivity index (χ4v) is 2.61. The zero-order valence-electron chi connectivity index (χ0n) is 10.1. The molecule has 94 valence electrons. The Morgan fingerprint density at radius 2 is 2.22 bits per heavy atom. The monoisotopic (exact) mass is 262 g/mol. The standard InChI is InChI=1S/C13H14N2O2S/c1-8-15-10(6-18-8)5-11(14)9-2-3-12-13(4-9)17-7-16-12/h2-4,6,11H,5,7,14H2,1H3. The molecular weight excluding hydrogens is 248 g/mol. The van der Waals surface area contributed by atoms with Gasteiger partial charge in [0.25, 0.3) is 0 Å². The van der Waals surface area contributed by atoms with Crippen LogP contribution in [0.4, 0.5) is 0 Å². The molecule has 2 N–H and O–H groups in total. The third-order valence-corrected chi connectivity index (χ3v) is 3.74. The van der Waals surface area contributed by atoms with E-state index in [9.17, 15) is 0 Å². The van der Waals surface area contributed by atoms with Crippen molar-refractivity contribution in [3.63, 3.8) is 0 Å². The second-order valence-electron chi connectivity index (χ2n) is 4.28. The zero-order chi connectivity index (χ0) is 12.5. The average molecular weight is 262 g/mol. The van der Waals surface area contributed by atoms with Crippen molar-refractivity contribution < 1.29 is 9.47 Å². The molecule has 1 aromatic carbocycles. The lowest BCUT2D eigenvalue weighted by Crippen LogP contribution is -2.13. The van der Waals surface area contributed by atoms with Crippen LogP contribution in [0.3, 0.4) is 0 Å². The largest absolute Gasteiger partial charge is 0.454 e. The van der Waals surface area contributed by atoms with Crippen molar-refractivity contribution in [2.75, 3.05) is 6.79 Å². The summed E-state index contributed by atoms with van der Waals surface area (Å²) in [6.07, 6.45) is 0.740. The number of aryl methyl sites for hydroxylation is 1. The van der Waals surface area contributed by atoms with Gasteiger partial charge in [-0.2, -0.15) is 0 Å². The molecule has 0 saturated carbocycles. The van der Waals surface area contributed by atoms with E-state index in [4.69, 9.17) is 15.2 Å². The second-order valence-corrected chi connectivity index (χ2v) is 5.34. The molecule has 0 aliphatic carbocycles. The van der Waals surface area contributed by atoms with Gasteiger partial charge in [0.15, 0.2) is 11.5 Å². The molecule has 0 bridgehead atoms. The van der Waals surface area contributed by atoms with Gasteiger partial charge in [0.2, 0.25) is 6.79 Å². The molecule has 18 heavy (non-hydrogen) atoms. The van der Waals surface area contributed by atoms with Crippen molar-refractivity contribution in [1.82, 2.24) is 4.98 Å². The molecule has 0 fully saturated rings. The van der Waals surface area contributed by atoms with Crippen molar-refractivity contribution in [2.45, 2.75) is 19.4 Å². The number of ether oxygens (including phenoxy) is 2. The molecule has 5 heteroatoms. The van der Waals surface area contributed by atoms with Gasteiger partial charge >= 0.3 is 0 Å². The molecule has 1 aromatic heterocycles. The van der Waals surface area contributed by atoms with E-state index < -0.39 is 0 Å². The van der Waals surface area contributed by atoms with Crippen molar-refractivity contribution in [3.05, 3.63) is 39.8 Å². The predicted octanol–water partition coefficient (Wildman–Crippen LogP) is 2.42. The number of aromatic nitrogens is 1. The van der Waals surface area contributed by atoms with E-state index in [1.807, 2.05) is 25.1 Å². The number of hydrogen-bond donors (Lipinski definition) is 1. The molecule has 0 spiro atoms. The van der Waals surface area contributed by atoms with Gasteiger partial charge in [0.1, 0.15) is 0 Å². The fourth-order valence-electron chi connectivity index (χ4n) is 1.99. The molecule has 0 amide bonds. The molecule has 2 aromatic rings. The van der Waals surface area contributed by atoms with Gasteiger partial charge in [-0.1, -0.05) is 6.07 Å². The van der Waals surface area contributed by atoms with Crippen LogP contribution < -0.4 is 15.2 Å². The molecule has 0 saturated heterocycles. The number of rotatable bonds is 3. The van der Waals surface area contributed by atoms with Crippen LogP contribution in [0.2, 0.25) is 0 Å². The van der Waals surface area contributed by atoms with E-state index >= 15 is 0 Å². The Balaban J connectivity index is 1.78. The summed E-state index contributed by atoms with van der Waals surface area (Å²) < 4.78 is 10.6. The number of nitrogens with zero attached hydrogens (tertiary/aromatic N) is 1. The summed E-state index contributed by atoms with van der Waals surface area (Å²) in [7, 11) is 0. The summed E-state index contributed by atoms with van der Waals surface area (Å²) in [5, 5.41) is 3.13. The summed E-state index contributed by atoms with van der Waals surface area (Å²) in [6, 6.07) is 5.77. The van der Waals surface area contributed by atoms with Gasteiger partial charge in [-0.15, -0.1) is 11.3 Å². The van der Waals surface area contributed by atoms with Crippen LogP contribution in [0.25, 0.3) is 0 Å². The number of thiazole rings is 1. The first-order valence-electron chi connectivity index (χ1n) is 5.78. The van der Waals surface area contributed by atoms with E-state index in [0.29, 0.717) is 6.79 Å². The smallest absolute Gasteiger partial charge is 0.231 e. The summed E-state index contributed by atoms with van der Waals surface area (Å²) in [6.45, 7) is 2.29. The number of benzene rings is 1. The van der Waals surface area contributed by atoms with Gasteiger partial charge in [-0.25, -0.2) is 4.98 Å². The average Bonchev–Trinajstić information content (AvgIpc) is 2.96. The van der Waals surface area contributed by atoms with Gasteiger partial charge in [0, 0.05) is 17.8 Å². The maximum atomic E-state index is 6.20. The first kappa shape index (κ1) is 11.5. The molecule has 1 aliphatic rings. The highest BCUT2D eigenvalue weighted by molar-refractivity contribution is 7.09. The molecular formula is C13H14N2O2S. The van der Waals surface area contributed by atoms with Crippen LogP contribution in [0, 0.1) is 6.92 Å². The minimum atomic E-state index is -0.0685.